The van der Waals surface area contributed by atoms with E-state index in [0.717, 1.165) is 6.92 Å². The average Bonchev–Trinajstić information content (AvgIpc) is 2.86. The largest absolute Gasteiger partial charge is 0.511 e. The van der Waals surface area contributed by atoms with Crippen molar-refractivity contribution in [1.29, 1.82) is 0 Å². The highest BCUT2D eigenvalue weighted by Gasteiger charge is 2.70. The van der Waals surface area contributed by atoms with Crippen LogP contribution < -0.4 is 10.0 Å². The molecule has 0 rings (SSSR count). The Hall–Kier alpha value is -2.37. The lowest BCUT2D eigenvalue weighted by Crippen LogP contribution is -2.58. The van der Waals surface area contributed by atoms with Crippen LogP contribution in [-0.4, -0.2) is 92.4 Å². The third-order valence-electron chi connectivity index (χ3n) is 7.70. The van der Waals surface area contributed by atoms with Crippen LogP contribution in [0.4, 0.5) is 39.5 Å². The summed E-state index contributed by atoms with van der Waals surface area (Å²) in [5, 5.41) is 12.3. The normalized spacial score (nSPS) is 17.6. The summed E-state index contributed by atoms with van der Waals surface area (Å²) in [7, 11) is -10.3. The van der Waals surface area contributed by atoms with Gasteiger partial charge in [-0.1, -0.05) is 20.4 Å². The van der Waals surface area contributed by atoms with Crippen molar-refractivity contribution >= 4 is 32.1 Å². The number of carbonyl (C=O) groups excluding carboxylic acids is 2. The molecule has 0 radical (unpaired) electrons. The zero-order valence-electron chi connectivity index (χ0n) is 28.2. The molecule has 4 atom stereocenters. The van der Waals surface area contributed by atoms with Gasteiger partial charge in [-0.3, -0.25) is 14.1 Å². The van der Waals surface area contributed by atoms with Crippen LogP contribution in [0.25, 0.3) is 0 Å². The molecule has 0 saturated heterocycles. The fourth-order valence-electron chi connectivity index (χ4n) is 5.03. The number of ether oxygens (including phenoxy) is 2. The molecular weight excluding hydrogens is 747 g/mol. The predicted octanol–water partition coefficient (Wildman–Crippen LogP) is 4.75. The Labute approximate surface area is 284 Å². The van der Waals surface area contributed by atoms with Crippen molar-refractivity contribution in [1.82, 2.24) is 10.0 Å². The van der Waals surface area contributed by atoms with Gasteiger partial charge in [0.05, 0.1) is 16.6 Å². The maximum Gasteiger partial charge on any atom is 0.511 e. The minimum atomic E-state index is -6.21. The molecule has 0 spiro atoms. The topological polar surface area (TPSA) is 185 Å². The molecule has 0 aliphatic carbocycles. The second kappa shape index (κ2) is 16.1. The monoisotopic (exact) mass is 790 g/mol. The van der Waals surface area contributed by atoms with Crippen LogP contribution in [0.3, 0.4) is 0 Å². The van der Waals surface area contributed by atoms with Gasteiger partial charge >= 0.3 is 39.8 Å². The van der Waals surface area contributed by atoms with Gasteiger partial charge in [0.15, 0.2) is 0 Å². The molecule has 12 nitrogen and oxygen atoms in total. The van der Waals surface area contributed by atoms with Crippen LogP contribution in [0, 0.1) is 16.7 Å². The van der Waals surface area contributed by atoms with E-state index in [4.69, 9.17) is 9.47 Å². The van der Waals surface area contributed by atoms with Gasteiger partial charge in [-0.15, -0.1) is 0 Å². The number of halogens is 9. The summed E-state index contributed by atoms with van der Waals surface area (Å²) in [6.45, 7) is 10.3. The van der Waals surface area contributed by atoms with Crippen molar-refractivity contribution in [3.05, 3.63) is 12.3 Å². The van der Waals surface area contributed by atoms with Crippen molar-refractivity contribution < 1.29 is 85.1 Å². The number of hydrogen-bond donors (Lipinski definition) is 4. The first kappa shape index (κ1) is 47.6. The van der Waals surface area contributed by atoms with Gasteiger partial charge in [-0.25, -0.2) is 13.1 Å². The number of sulfonamides is 1. The van der Waals surface area contributed by atoms with Crippen LogP contribution in [0.5, 0.6) is 0 Å². The maximum atomic E-state index is 13.4. The molecule has 0 bridgehead atoms. The number of carbonyl (C=O) groups is 2. The molecule has 0 saturated carbocycles. The molecule has 0 aliphatic heterocycles. The SMILES string of the molecule is C=C(NC(C)(C)CS(=O)(=O)O)C(C)CC(C)(CC(C)(CC)C(=O)OC(C)CC(O)(C(F)(F)F)C(F)(F)F)C(=O)OCCNS(=O)(=O)C(F)(F)F. The minimum absolute atomic E-state index is 0.0728. The minimum Gasteiger partial charge on any atom is -0.464 e. The van der Waals surface area contributed by atoms with Gasteiger partial charge in [-0.05, 0) is 59.8 Å². The van der Waals surface area contributed by atoms with Crippen LogP contribution >= 0.6 is 0 Å². The molecule has 0 amide bonds. The van der Waals surface area contributed by atoms with Gasteiger partial charge in [0.1, 0.15) is 12.7 Å². The Bertz CT molecular complexity index is 1420. The summed E-state index contributed by atoms with van der Waals surface area (Å²) in [5.41, 5.74) is -16.0. The fourth-order valence-corrected chi connectivity index (χ4v) is 6.53. The molecule has 0 aliphatic rings. The molecule has 0 heterocycles. The Kier molecular flexibility index (Phi) is 15.3. The van der Waals surface area contributed by atoms with E-state index in [2.05, 4.69) is 11.9 Å². The zero-order valence-corrected chi connectivity index (χ0v) is 29.8. The summed E-state index contributed by atoms with van der Waals surface area (Å²) < 4.78 is 183. The van der Waals surface area contributed by atoms with Gasteiger partial charge < -0.3 is 19.9 Å². The summed E-state index contributed by atoms with van der Waals surface area (Å²) in [6.07, 6.45) is -18.0. The molecule has 0 aromatic rings. The highest BCUT2D eigenvalue weighted by molar-refractivity contribution is 7.90. The van der Waals surface area contributed by atoms with Crippen molar-refractivity contribution in [2.24, 2.45) is 16.7 Å². The molecule has 50 heavy (non-hydrogen) atoms. The fraction of sp³-hybridized carbons (Fsp3) is 0.852. The summed E-state index contributed by atoms with van der Waals surface area (Å²) in [6, 6.07) is 0. The number of esters is 2. The number of allylic oxidation sites excluding steroid dienone is 1. The molecule has 0 aromatic carbocycles. The standard InChI is InChI=1S/C27H43F9N2O10S2/c1-9-22(7,20(40)48-17(3)13-24(41,25(28,29)30)26(31,32)33)14-23(8,19(39)47-11-10-37-50(45,46)27(34,35)36)12-16(2)18(4)38-21(5,6)15-49(42,43)44/h16-17,37-38,41H,4,9-15H2,1-3,5-8H3,(H,42,43,44). The third kappa shape index (κ3) is 13.3. The van der Waals surface area contributed by atoms with Crippen LogP contribution in [-0.2, 0) is 39.2 Å². The number of rotatable bonds is 19. The van der Waals surface area contributed by atoms with Crippen molar-refractivity contribution in [2.75, 3.05) is 18.9 Å². The van der Waals surface area contributed by atoms with Gasteiger partial charge in [0, 0.05) is 24.2 Å². The van der Waals surface area contributed by atoms with E-state index in [0.29, 0.717) is 6.92 Å². The van der Waals surface area contributed by atoms with Gasteiger partial charge in [0.2, 0.25) is 0 Å². The first-order valence-corrected chi connectivity index (χ1v) is 17.7. The van der Waals surface area contributed by atoms with Crippen LogP contribution in [0.2, 0.25) is 0 Å². The molecule has 0 fully saturated rings. The summed E-state index contributed by atoms with van der Waals surface area (Å²) in [4.78, 5) is 26.7. The van der Waals surface area contributed by atoms with E-state index in [9.17, 15) is 75.6 Å². The van der Waals surface area contributed by atoms with Crippen molar-refractivity contribution in [2.45, 2.75) is 109 Å². The first-order valence-electron chi connectivity index (χ1n) is 14.6. The van der Waals surface area contributed by atoms with E-state index in [1.165, 1.54) is 39.3 Å². The number of hydrogen-bond acceptors (Lipinski definition) is 10. The zero-order chi connectivity index (χ0) is 40.2. The van der Waals surface area contributed by atoms with E-state index in [1.54, 1.807) is 0 Å². The Morgan fingerprint density at radius 2 is 1.32 bits per heavy atom. The molecule has 0 aromatic heterocycles. The van der Waals surface area contributed by atoms with E-state index < -0.39 is 116 Å². The number of alkyl halides is 9. The molecule has 296 valence electrons. The Morgan fingerprint density at radius 3 is 1.72 bits per heavy atom. The second-order valence-corrected chi connectivity index (χ2v) is 16.5. The smallest absolute Gasteiger partial charge is 0.464 e. The average molecular weight is 791 g/mol. The number of aliphatic hydroxyl groups is 1. The Morgan fingerprint density at radius 1 is 0.840 bits per heavy atom. The number of nitrogens with one attached hydrogen (secondary N) is 2. The third-order valence-corrected chi connectivity index (χ3v) is 9.98. The lowest BCUT2D eigenvalue weighted by molar-refractivity contribution is -0.373. The van der Waals surface area contributed by atoms with E-state index in [-0.39, 0.29) is 18.5 Å². The van der Waals surface area contributed by atoms with Crippen molar-refractivity contribution in [3.63, 3.8) is 0 Å². The summed E-state index contributed by atoms with van der Waals surface area (Å²) in [5.74, 6) is -4.27. The molecule has 23 heteroatoms. The lowest BCUT2D eigenvalue weighted by Gasteiger charge is -2.39. The quantitative estimate of drug-likeness (QED) is 0.0613. The first-order chi connectivity index (χ1) is 21.9. The van der Waals surface area contributed by atoms with Crippen LogP contribution in [0.1, 0.15) is 74.1 Å². The predicted molar refractivity (Wildman–Crippen MR) is 159 cm³/mol. The van der Waals surface area contributed by atoms with E-state index in [1.807, 2.05) is 0 Å². The highest BCUT2D eigenvalue weighted by atomic mass is 32.2. The highest BCUT2D eigenvalue weighted by Crippen LogP contribution is 2.47. The molecule has 4 unspecified atom stereocenters. The molecular formula is C27H43F9N2O10S2. The van der Waals surface area contributed by atoms with Gasteiger partial charge in [-0.2, -0.15) is 47.9 Å². The van der Waals surface area contributed by atoms with Crippen molar-refractivity contribution in [3.8, 4) is 0 Å². The van der Waals surface area contributed by atoms with Gasteiger partial charge in [0.25, 0.3) is 15.7 Å². The maximum absolute atomic E-state index is 13.4. The summed E-state index contributed by atoms with van der Waals surface area (Å²) >= 11 is 0. The van der Waals surface area contributed by atoms with Crippen LogP contribution in [0.15, 0.2) is 12.3 Å². The lowest BCUT2D eigenvalue weighted by atomic mass is 9.67. The molecule has 4 N–H and O–H groups in total. The van der Waals surface area contributed by atoms with E-state index >= 15 is 0 Å². The second-order valence-electron chi connectivity index (χ2n) is 13.3. The Balaban J connectivity index is 6.44.